The molecule has 1 saturated carbocycles. The van der Waals surface area contributed by atoms with Crippen molar-refractivity contribution in [2.24, 2.45) is 5.92 Å². The summed E-state index contributed by atoms with van der Waals surface area (Å²) in [6.07, 6.45) is 8.36. The largest absolute Gasteiger partial charge is 0.467 e. The topological polar surface area (TPSA) is 54.3 Å². The molecule has 3 rings (SSSR count). The number of amides is 1. The summed E-state index contributed by atoms with van der Waals surface area (Å²) in [6, 6.07) is 12.9. The van der Waals surface area contributed by atoms with Crippen LogP contribution in [-0.4, -0.2) is 12.5 Å². The van der Waals surface area contributed by atoms with Gasteiger partial charge in [0.15, 0.2) is 0 Å². The van der Waals surface area contributed by atoms with Crippen LogP contribution in [0.4, 0.5) is 0 Å². The lowest BCUT2D eigenvalue weighted by Crippen LogP contribution is -2.37. The highest BCUT2D eigenvalue weighted by Gasteiger charge is 2.19. The molecular weight excluding hydrogens is 336 g/mol. The maximum atomic E-state index is 12.1. The van der Waals surface area contributed by atoms with Gasteiger partial charge in [-0.15, -0.1) is 0 Å². The summed E-state index contributed by atoms with van der Waals surface area (Å²) in [5.74, 6) is 1.88. The molecule has 1 aromatic heterocycles. The van der Waals surface area contributed by atoms with Crippen LogP contribution in [0.25, 0.3) is 0 Å². The molecule has 0 saturated heterocycles. The summed E-state index contributed by atoms with van der Waals surface area (Å²) < 4.78 is 5.24. The number of hydrogen-bond donors (Lipinski definition) is 2. The Labute approximate surface area is 162 Å². The van der Waals surface area contributed by atoms with Gasteiger partial charge in [0.25, 0.3) is 0 Å². The maximum Gasteiger partial charge on any atom is 0.234 e. The van der Waals surface area contributed by atoms with E-state index in [-0.39, 0.29) is 11.9 Å². The summed E-state index contributed by atoms with van der Waals surface area (Å²) in [4.78, 5) is 12.1. The molecular formula is C23H32N2O2. The minimum atomic E-state index is -0.0177. The van der Waals surface area contributed by atoms with Crippen molar-refractivity contribution in [3.8, 4) is 0 Å². The third-order valence-corrected chi connectivity index (χ3v) is 5.56. The van der Waals surface area contributed by atoms with Crippen LogP contribution in [0.15, 0.2) is 47.1 Å². The quantitative estimate of drug-likeness (QED) is 0.694. The van der Waals surface area contributed by atoms with Crippen LogP contribution in [0.2, 0.25) is 0 Å². The van der Waals surface area contributed by atoms with E-state index < -0.39 is 0 Å². The average molecular weight is 369 g/mol. The zero-order valence-corrected chi connectivity index (χ0v) is 16.5. The Hall–Kier alpha value is -2.07. The zero-order valence-electron chi connectivity index (χ0n) is 16.5. The lowest BCUT2D eigenvalue weighted by atomic mass is 9.83. The van der Waals surface area contributed by atoms with Gasteiger partial charge in [-0.3, -0.25) is 4.79 Å². The molecule has 4 nitrogen and oxygen atoms in total. The molecule has 1 unspecified atom stereocenters. The Morgan fingerprint density at radius 3 is 2.48 bits per heavy atom. The number of nitrogens with one attached hydrogen (secondary N) is 2. The lowest BCUT2D eigenvalue weighted by Gasteiger charge is -2.25. The first kappa shape index (κ1) is 19.7. The molecule has 1 aromatic carbocycles. The van der Waals surface area contributed by atoms with E-state index in [1.54, 1.807) is 6.26 Å². The summed E-state index contributed by atoms with van der Waals surface area (Å²) in [5, 5.41) is 6.31. The van der Waals surface area contributed by atoms with Crippen LogP contribution in [-0.2, 0) is 11.3 Å². The minimum Gasteiger partial charge on any atom is -0.467 e. The Morgan fingerprint density at radius 2 is 1.85 bits per heavy atom. The molecule has 2 aromatic rings. The third-order valence-electron chi connectivity index (χ3n) is 5.56. The van der Waals surface area contributed by atoms with Crippen LogP contribution in [0.5, 0.6) is 0 Å². The third kappa shape index (κ3) is 5.70. The lowest BCUT2D eigenvalue weighted by molar-refractivity contribution is -0.120. The van der Waals surface area contributed by atoms with Crippen molar-refractivity contribution in [2.75, 3.05) is 6.54 Å². The first-order chi connectivity index (χ1) is 13.1. The Kier molecular flexibility index (Phi) is 7.11. The fourth-order valence-electron chi connectivity index (χ4n) is 4.01. The number of carbonyl (C=O) groups excluding carboxylic acids is 1. The van der Waals surface area contributed by atoms with Gasteiger partial charge in [0.05, 0.1) is 19.4 Å². The Bertz CT molecular complexity index is 686. The fourth-order valence-corrected chi connectivity index (χ4v) is 4.01. The van der Waals surface area contributed by atoms with Crippen LogP contribution >= 0.6 is 0 Å². The van der Waals surface area contributed by atoms with Gasteiger partial charge in [-0.05, 0) is 47.9 Å². The summed E-state index contributed by atoms with van der Waals surface area (Å²) in [5.41, 5.74) is 2.72. The van der Waals surface area contributed by atoms with Crippen molar-refractivity contribution in [1.82, 2.24) is 10.6 Å². The Balaban J connectivity index is 1.53. The second-order valence-electron chi connectivity index (χ2n) is 7.96. The van der Waals surface area contributed by atoms with E-state index in [0.29, 0.717) is 19.0 Å². The van der Waals surface area contributed by atoms with Crippen molar-refractivity contribution < 1.29 is 9.21 Å². The van der Waals surface area contributed by atoms with Gasteiger partial charge in [0.2, 0.25) is 5.91 Å². The van der Waals surface area contributed by atoms with Crippen molar-refractivity contribution >= 4 is 5.91 Å². The molecule has 1 aliphatic carbocycles. The predicted octanol–water partition coefficient (Wildman–Crippen LogP) is 4.93. The predicted molar refractivity (Wildman–Crippen MR) is 108 cm³/mol. The van der Waals surface area contributed by atoms with Crippen LogP contribution in [0.1, 0.15) is 74.8 Å². The SMILES string of the molecule is CC(C)C(NCC(=O)NCc1ccco1)c1ccc(C2CCCCC2)cc1. The minimum absolute atomic E-state index is 0.0177. The highest BCUT2D eigenvalue weighted by atomic mass is 16.3. The van der Waals surface area contributed by atoms with Crippen molar-refractivity contribution in [3.05, 3.63) is 59.5 Å². The second-order valence-corrected chi connectivity index (χ2v) is 7.96. The van der Waals surface area contributed by atoms with Crippen LogP contribution in [0.3, 0.4) is 0 Å². The molecule has 1 heterocycles. The second kappa shape index (κ2) is 9.75. The molecule has 1 amide bonds. The van der Waals surface area contributed by atoms with Crippen molar-refractivity contribution in [2.45, 2.75) is 64.5 Å². The molecule has 0 aliphatic heterocycles. The molecule has 0 radical (unpaired) electrons. The molecule has 146 valence electrons. The van der Waals surface area contributed by atoms with Gasteiger partial charge < -0.3 is 15.1 Å². The molecule has 4 heteroatoms. The first-order valence-electron chi connectivity index (χ1n) is 10.3. The molecule has 2 N–H and O–H groups in total. The number of carbonyl (C=O) groups is 1. The molecule has 1 atom stereocenters. The molecule has 1 fully saturated rings. The van der Waals surface area contributed by atoms with Gasteiger partial charge in [-0.2, -0.15) is 0 Å². The Morgan fingerprint density at radius 1 is 1.11 bits per heavy atom. The maximum absolute atomic E-state index is 12.1. The zero-order chi connectivity index (χ0) is 19.1. The van der Waals surface area contributed by atoms with E-state index in [1.165, 1.54) is 43.2 Å². The fraction of sp³-hybridized carbons (Fsp3) is 0.522. The van der Waals surface area contributed by atoms with Gasteiger partial charge in [-0.1, -0.05) is 57.4 Å². The van der Waals surface area contributed by atoms with E-state index in [2.05, 4.69) is 48.7 Å². The van der Waals surface area contributed by atoms with E-state index in [4.69, 9.17) is 4.42 Å². The van der Waals surface area contributed by atoms with E-state index in [1.807, 2.05) is 12.1 Å². The molecule has 27 heavy (non-hydrogen) atoms. The number of rotatable bonds is 8. The van der Waals surface area contributed by atoms with Crippen molar-refractivity contribution in [3.63, 3.8) is 0 Å². The first-order valence-corrected chi connectivity index (χ1v) is 10.3. The summed E-state index contributed by atoms with van der Waals surface area (Å²) >= 11 is 0. The summed E-state index contributed by atoms with van der Waals surface area (Å²) in [7, 11) is 0. The van der Waals surface area contributed by atoms with Gasteiger partial charge in [0.1, 0.15) is 5.76 Å². The van der Waals surface area contributed by atoms with Gasteiger partial charge in [-0.25, -0.2) is 0 Å². The van der Waals surface area contributed by atoms with Crippen molar-refractivity contribution in [1.29, 1.82) is 0 Å². The molecule has 0 bridgehead atoms. The highest BCUT2D eigenvalue weighted by molar-refractivity contribution is 5.77. The number of benzene rings is 1. The number of hydrogen-bond acceptors (Lipinski definition) is 3. The van der Waals surface area contributed by atoms with Crippen LogP contribution < -0.4 is 10.6 Å². The normalized spacial score (nSPS) is 16.4. The average Bonchev–Trinajstić information content (AvgIpc) is 3.21. The molecule has 1 aliphatic rings. The number of furan rings is 1. The smallest absolute Gasteiger partial charge is 0.234 e. The molecule has 0 spiro atoms. The summed E-state index contributed by atoms with van der Waals surface area (Å²) in [6.45, 7) is 5.10. The van der Waals surface area contributed by atoms with E-state index in [0.717, 1.165) is 11.7 Å². The highest BCUT2D eigenvalue weighted by Crippen LogP contribution is 2.33. The van der Waals surface area contributed by atoms with Crippen LogP contribution in [0, 0.1) is 5.92 Å². The monoisotopic (exact) mass is 368 g/mol. The standard InChI is InChI=1S/C23H32N2O2/c1-17(2)23(25-16-22(26)24-15-21-9-6-14-27-21)20-12-10-19(11-13-20)18-7-4-3-5-8-18/h6,9-14,17-18,23,25H,3-5,7-8,15-16H2,1-2H3,(H,24,26). The van der Waals surface area contributed by atoms with Gasteiger partial charge >= 0.3 is 0 Å². The van der Waals surface area contributed by atoms with E-state index >= 15 is 0 Å². The van der Waals surface area contributed by atoms with E-state index in [9.17, 15) is 4.79 Å². The van der Waals surface area contributed by atoms with Gasteiger partial charge in [0, 0.05) is 6.04 Å².